The third-order valence-corrected chi connectivity index (χ3v) is 5.87. The van der Waals surface area contributed by atoms with Crippen LogP contribution in [0.25, 0.3) is 18.3 Å². The maximum Gasteiger partial charge on any atom is 0.206 e. The predicted molar refractivity (Wildman–Crippen MR) is 123 cm³/mol. The molecule has 0 amide bonds. The van der Waals surface area contributed by atoms with Crippen molar-refractivity contribution >= 4 is 18.6 Å². The Morgan fingerprint density at radius 1 is 1.19 bits per heavy atom. The van der Waals surface area contributed by atoms with Gasteiger partial charge in [-0.1, -0.05) is 24.8 Å². The van der Waals surface area contributed by atoms with Gasteiger partial charge in [0.2, 0.25) is 5.95 Å². The summed E-state index contributed by atoms with van der Waals surface area (Å²) in [6.45, 7) is 7.03. The molecular weight excluding hydrogens is 405 g/mol. The molecule has 0 radical (unpaired) electrons. The molecule has 1 unspecified atom stereocenters. The number of hydrogen-bond acceptors (Lipinski definition) is 4. The Morgan fingerprint density at radius 2 is 1.97 bits per heavy atom. The van der Waals surface area contributed by atoms with Gasteiger partial charge in [-0.05, 0) is 48.4 Å². The Morgan fingerprint density at radius 3 is 2.66 bits per heavy atom. The Bertz CT molecular complexity index is 1400. The van der Waals surface area contributed by atoms with Crippen LogP contribution in [-0.2, 0) is 0 Å². The first-order chi connectivity index (χ1) is 15.4. The van der Waals surface area contributed by atoms with Crippen LogP contribution in [0.5, 0.6) is 5.75 Å². The van der Waals surface area contributed by atoms with E-state index in [0.29, 0.717) is 0 Å². The number of aromatic nitrogens is 4. The molecule has 1 aliphatic rings. The maximum atomic E-state index is 13.4. The zero-order valence-electron chi connectivity index (χ0n) is 18.3. The number of anilines is 1. The number of halogens is 1. The quantitative estimate of drug-likeness (QED) is 0.501. The van der Waals surface area contributed by atoms with Crippen molar-refractivity contribution in [2.75, 3.05) is 25.6 Å². The molecular formula is C25H24FN5O. The number of nitrogens with zero attached hydrogens (tertiary/aromatic N) is 5. The second-order valence-electron chi connectivity index (χ2n) is 8.06. The second kappa shape index (κ2) is 7.67. The van der Waals surface area contributed by atoms with Crippen molar-refractivity contribution in [1.29, 1.82) is 0 Å². The number of hydrogen-bond donors (Lipinski definition) is 0. The van der Waals surface area contributed by atoms with Gasteiger partial charge in [-0.15, -0.1) is 0 Å². The fourth-order valence-electron chi connectivity index (χ4n) is 4.25. The summed E-state index contributed by atoms with van der Waals surface area (Å²) >= 11 is 0. The van der Waals surface area contributed by atoms with Crippen molar-refractivity contribution in [2.24, 2.45) is 0 Å². The summed E-state index contributed by atoms with van der Waals surface area (Å²) < 4.78 is 23.1. The summed E-state index contributed by atoms with van der Waals surface area (Å²) in [6, 6.07) is 12.7. The Hall–Kier alpha value is -3.87. The normalized spacial score (nSPS) is 15.9. The van der Waals surface area contributed by atoms with E-state index in [0.717, 1.165) is 51.4 Å². The number of rotatable bonds is 4. The first-order valence-corrected chi connectivity index (χ1v) is 10.4. The average Bonchev–Trinajstić information content (AvgIpc) is 3.45. The number of aryl methyl sites for hydroxylation is 1. The molecule has 1 atom stereocenters. The lowest BCUT2D eigenvalue weighted by Gasteiger charge is -2.13. The molecule has 0 spiro atoms. The molecule has 0 aliphatic carbocycles. The van der Waals surface area contributed by atoms with Crippen LogP contribution >= 0.6 is 0 Å². The highest BCUT2D eigenvalue weighted by atomic mass is 19.1. The van der Waals surface area contributed by atoms with Gasteiger partial charge in [0.05, 0.1) is 41.6 Å². The van der Waals surface area contributed by atoms with E-state index in [2.05, 4.69) is 21.0 Å². The summed E-state index contributed by atoms with van der Waals surface area (Å²) in [4.78, 5) is 11.2. The summed E-state index contributed by atoms with van der Waals surface area (Å²) in [5.41, 5.74) is 3.86. The van der Waals surface area contributed by atoms with E-state index in [1.807, 2.05) is 61.1 Å². The van der Waals surface area contributed by atoms with Crippen molar-refractivity contribution in [3.63, 3.8) is 0 Å². The van der Waals surface area contributed by atoms with Gasteiger partial charge < -0.3 is 18.8 Å². The number of benzene rings is 2. The van der Waals surface area contributed by atoms with Crippen LogP contribution in [0.3, 0.4) is 0 Å². The molecule has 0 saturated carbocycles. The molecule has 0 fully saturated rings. The number of ether oxygens (including phenoxy) is 1. The minimum Gasteiger partial charge on any atom is -0.495 e. The second-order valence-corrected chi connectivity index (χ2v) is 8.06. The van der Waals surface area contributed by atoms with Crippen LogP contribution in [0.4, 0.5) is 10.3 Å². The van der Waals surface area contributed by atoms with Gasteiger partial charge in [0.15, 0.2) is 0 Å². The largest absolute Gasteiger partial charge is 0.495 e. The van der Waals surface area contributed by atoms with Crippen molar-refractivity contribution in [3.05, 3.63) is 88.3 Å². The highest BCUT2D eigenvalue weighted by molar-refractivity contribution is 5.58. The van der Waals surface area contributed by atoms with Gasteiger partial charge in [0.25, 0.3) is 0 Å². The summed E-state index contributed by atoms with van der Waals surface area (Å²) in [5, 5.41) is 1.62. The molecule has 5 rings (SSSR count). The Balaban J connectivity index is 1.56. The molecule has 2 aromatic heterocycles. The highest BCUT2D eigenvalue weighted by Gasteiger charge is 2.29. The summed E-state index contributed by atoms with van der Waals surface area (Å²) in [7, 11) is 3.67. The van der Waals surface area contributed by atoms with E-state index in [1.54, 1.807) is 13.4 Å². The third kappa shape index (κ3) is 3.36. The van der Waals surface area contributed by atoms with Crippen molar-refractivity contribution in [1.82, 2.24) is 19.1 Å². The smallest absolute Gasteiger partial charge is 0.206 e. The lowest BCUT2D eigenvalue weighted by Crippen LogP contribution is -2.32. The number of fused-ring (bicyclic) bond motifs is 1. The van der Waals surface area contributed by atoms with E-state index in [-0.39, 0.29) is 11.9 Å². The molecule has 162 valence electrons. The Labute approximate surface area is 185 Å². The van der Waals surface area contributed by atoms with E-state index >= 15 is 0 Å². The number of imidazole rings is 2. The van der Waals surface area contributed by atoms with E-state index in [4.69, 9.17) is 9.72 Å². The molecule has 3 heterocycles. The SMILES string of the molecule is C=c1/c(=C/c2ccc(-n3cnc(C)c3)c(OC)c2)nc2n1C(c1ccc(F)cc1)CN2C. The zero-order valence-corrected chi connectivity index (χ0v) is 18.3. The van der Waals surface area contributed by atoms with Crippen LogP contribution < -0.4 is 20.3 Å². The first-order valence-electron chi connectivity index (χ1n) is 10.4. The van der Waals surface area contributed by atoms with Crippen LogP contribution in [0.15, 0.2) is 55.0 Å². The van der Waals surface area contributed by atoms with Gasteiger partial charge in [-0.2, -0.15) is 0 Å². The molecule has 0 bridgehead atoms. The summed E-state index contributed by atoms with van der Waals surface area (Å²) in [5.74, 6) is 1.36. The molecule has 7 heteroatoms. The van der Waals surface area contributed by atoms with Crippen molar-refractivity contribution in [2.45, 2.75) is 13.0 Å². The molecule has 0 N–H and O–H groups in total. The standard InChI is InChI=1S/C25H24FN5O/c1-16-13-30(15-27-16)22-10-5-18(12-24(22)32-4)11-21-17(2)31-23(14-29(3)25(31)28-21)19-6-8-20(26)9-7-19/h5-13,15,23H,2,14H2,1,3-4H3/b21-11-. The Kier molecular flexibility index (Phi) is 4.81. The monoisotopic (exact) mass is 429 g/mol. The third-order valence-electron chi connectivity index (χ3n) is 5.87. The minimum atomic E-state index is -0.238. The van der Waals surface area contributed by atoms with Gasteiger partial charge in [0.1, 0.15) is 11.6 Å². The lowest BCUT2D eigenvalue weighted by atomic mass is 10.1. The molecule has 2 aromatic carbocycles. The fraction of sp³-hybridized carbons (Fsp3) is 0.200. The molecule has 0 saturated heterocycles. The highest BCUT2D eigenvalue weighted by Crippen LogP contribution is 2.29. The van der Waals surface area contributed by atoms with Crippen LogP contribution in [0, 0.1) is 12.7 Å². The van der Waals surface area contributed by atoms with E-state index in [1.165, 1.54) is 12.1 Å². The van der Waals surface area contributed by atoms with E-state index < -0.39 is 0 Å². The minimum absolute atomic E-state index is 0.0409. The lowest BCUT2D eigenvalue weighted by molar-refractivity contribution is 0.413. The molecule has 6 nitrogen and oxygen atoms in total. The van der Waals surface area contributed by atoms with E-state index in [9.17, 15) is 4.39 Å². The zero-order chi connectivity index (χ0) is 22.4. The first kappa shape index (κ1) is 20.1. The van der Waals surface area contributed by atoms with Crippen molar-refractivity contribution in [3.8, 4) is 11.4 Å². The summed E-state index contributed by atoms with van der Waals surface area (Å²) in [6.07, 6.45) is 5.74. The number of methoxy groups -OCH3 is 1. The van der Waals surface area contributed by atoms with Crippen molar-refractivity contribution < 1.29 is 9.13 Å². The predicted octanol–water partition coefficient (Wildman–Crippen LogP) is 2.80. The van der Waals surface area contributed by atoms with Crippen LogP contribution in [0.2, 0.25) is 0 Å². The van der Waals surface area contributed by atoms with Gasteiger partial charge in [0, 0.05) is 19.8 Å². The molecule has 4 aromatic rings. The van der Waals surface area contributed by atoms with Crippen LogP contribution in [0.1, 0.15) is 22.9 Å². The van der Waals surface area contributed by atoms with Gasteiger partial charge >= 0.3 is 0 Å². The molecule has 1 aliphatic heterocycles. The topological polar surface area (TPSA) is 48.1 Å². The van der Waals surface area contributed by atoms with Gasteiger partial charge in [-0.3, -0.25) is 0 Å². The van der Waals surface area contributed by atoms with Gasteiger partial charge in [-0.25, -0.2) is 14.4 Å². The average molecular weight is 429 g/mol. The number of likely N-dealkylation sites (N-methyl/N-ethyl adjacent to an activating group) is 1. The van der Waals surface area contributed by atoms with Crippen LogP contribution in [-0.4, -0.2) is 39.8 Å². The maximum absolute atomic E-state index is 13.4. The molecule has 32 heavy (non-hydrogen) atoms. The fourth-order valence-corrected chi connectivity index (χ4v) is 4.25.